The average Bonchev–Trinajstić information content (AvgIpc) is 2.73. The lowest BCUT2D eigenvalue weighted by atomic mass is 10.1. The second kappa shape index (κ2) is 4.96. The molecule has 0 amide bonds. The van der Waals surface area contributed by atoms with Gasteiger partial charge in [0.2, 0.25) is 0 Å². The van der Waals surface area contributed by atoms with Crippen LogP contribution in [0.15, 0.2) is 18.2 Å². The lowest BCUT2D eigenvalue weighted by Crippen LogP contribution is -2.15. The molecule has 2 N–H and O–H groups in total. The summed E-state index contributed by atoms with van der Waals surface area (Å²) in [7, 11) is 0. The molecule has 15 heavy (non-hydrogen) atoms. The first-order valence-electron chi connectivity index (χ1n) is 5.36. The predicted molar refractivity (Wildman–Crippen MR) is 72.9 cm³/mol. The fourth-order valence-electron chi connectivity index (χ4n) is 2.07. The van der Waals surface area contributed by atoms with Crippen LogP contribution >= 0.6 is 22.6 Å². The SMILES string of the molecule is N=Cc1cc(I)ccc1NC1CCCC1. The van der Waals surface area contributed by atoms with Crippen LogP contribution in [0.25, 0.3) is 0 Å². The first kappa shape index (κ1) is 10.9. The maximum Gasteiger partial charge on any atom is 0.0432 e. The Labute approximate surface area is 104 Å². The van der Waals surface area contributed by atoms with Crippen LogP contribution in [0.5, 0.6) is 0 Å². The van der Waals surface area contributed by atoms with Crippen LogP contribution in [0.1, 0.15) is 31.2 Å². The molecule has 0 heterocycles. The molecule has 1 aliphatic rings. The lowest BCUT2D eigenvalue weighted by molar-refractivity contribution is 0.755. The van der Waals surface area contributed by atoms with Gasteiger partial charge in [0.05, 0.1) is 0 Å². The van der Waals surface area contributed by atoms with Gasteiger partial charge in [-0.2, -0.15) is 0 Å². The molecule has 0 radical (unpaired) electrons. The van der Waals surface area contributed by atoms with Gasteiger partial charge in [-0.25, -0.2) is 0 Å². The molecule has 1 fully saturated rings. The summed E-state index contributed by atoms with van der Waals surface area (Å²) in [5, 5.41) is 10.9. The van der Waals surface area contributed by atoms with Gasteiger partial charge in [0.1, 0.15) is 0 Å². The van der Waals surface area contributed by atoms with Crippen LogP contribution < -0.4 is 5.32 Å². The molecule has 0 aromatic heterocycles. The summed E-state index contributed by atoms with van der Waals surface area (Å²) in [6.45, 7) is 0. The highest BCUT2D eigenvalue weighted by Crippen LogP contribution is 2.24. The van der Waals surface area contributed by atoms with Crippen molar-refractivity contribution in [3.63, 3.8) is 0 Å². The van der Waals surface area contributed by atoms with Crippen molar-refractivity contribution in [2.45, 2.75) is 31.7 Å². The zero-order chi connectivity index (χ0) is 10.7. The minimum absolute atomic E-state index is 0.615. The molecule has 0 atom stereocenters. The molecular weight excluding hydrogens is 299 g/mol. The highest BCUT2D eigenvalue weighted by molar-refractivity contribution is 14.1. The van der Waals surface area contributed by atoms with Crippen LogP contribution in [0, 0.1) is 8.98 Å². The minimum Gasteiger partial charge on any atom is -0.382 e. The Morgan fingerprint density at radius 1 is 1.33 bits per heavy atom. The molecule has 0 bridgehead atoms. The van der Waals surface area contributed by atoms with E-state index >= 15 is 0 Å². The largest absolute Gasteiger partial charge is 0.382 e. The van der Waals surface area contributed by atoms with Gasteiger partial charge >= 0.3 is 0 Å². The van der Waals surface area contributed by atoms with E-state index in [-0.39, 0.29) is 0 Å². The minimum atomic E-state index is 0.615. The summed E-state index contributed by atoms with van der Waals surface area (Å²) in [6, 6.07) is 6.83. The average molecular weight is 314 g/mol. The van der Waals surface area contributed by atoms with Crippen molar-refractivity contribution < 1.29 is 0 Å². The van der Waals surface area contributed by atoms with Crippen LogP contribution in [0.2, 0.25) is 0 Å². The van der Waals surface area contributed by atoms with Gasteiger partial charge in [0, 0.05) is 27.1 Å². The maximum absolute atomic E-state index is 7.39. The molecule has 2 rings (SSSR count). The predicted octanol–water partition coefficient (Wildman–Crippen LogP) is 3.64. The molecule has 0 spiro atoms. The van der Waals surface area contributed by atoms with Gasteiger partial charge in [-0.3, -0.25) is 0 Å². The van der Waals surface area contributed by atoms with E-state index in [0.29, 0.717) is 6.04 Å². The van der Waals surface area contributed by atoms with E-state index in [2.05, 4.69) is 40.0 Å². The van der Waals surface area contributed by atoms with Crippen LogP contribution in [-0.4, -0.2) is 12.3 Å². The Kier molecular flexibility index (Phi) is 3.61. The number of benzene rings is 1. The maximum atomic E-state index is 7.39. The van der Waals surface area contributed by atoms with E-state index in [0.717, 1.165) is 11.3 Å². The number of nitrogens with one attached hydrogen (secondary N) is 2. The number of rotatable bonds is 3. The normalized spacial score (nSPS) is 16.6. The van der Waals surface area contributed by atoms with E-state index in [1.807, 2.05) is 6.07 Å². The van der Waals surface area contributed by atoms with Crippen molar-refractivity contribution in [2.75, 3.05) is 5.32 Å². The van der Waals surface area contributed by atoms with Gasteiger partial charge in [-0.05, 0) is 53.6 Å². The molecule has 0 unspecified atom stereocenters. The van der Waals surface area contributed by atoms with Crippen molar-refractivity contribution in [1.29, 1.82) is 5.41 Å². The Bertz CT molecular complexity index is 357. The monoisotopic (exact) mass is 314 g/mol. The topological polar surface area (TPSA) is 35.9 Å². The second-order valence-electron chi connectivity index (χ2n) is 4.00. The highest BCUT2D eigenvalue weighted by Gasteiger charge is 2.15. The van der Waals surface area contributed by atoms with E-state index in [1.165, 1.54) is 35.5 Å². The Morgan fingerprint density at radius 2 is 2.07 bits per heavy atom. The van der Waals surface area contributed by atoms with Crippen LogP contribution in [0.3, 0.4) is 0 Å². The summed E-state index contributed by atoms with van der Waals surface area (Å²) in [5.41, 5.74) is 2.10. The molecule has 3 heteroatoms. The van der Waals surface area contributed by atoms with E-state index in [4.69, 9.17) is 5.41 Å². The molecule has 80 valence electrons. The Morgan fingerprint density at radius 3 is 2.73 bits per heavy atom. The molecule has 1 aromatic rings. The fraction of sp³-hybridized carbons (Fsp3) is 0.417. The van der Waals surface area contributed by atoms with Crippen molar-refractivity contribution >= 4 is 34.5 Å². The third-order valence-corrected chi connectivity index (χ3v) is 3.55. The number of hydrogen-bond donors (Lipinski definition) is 2. The lowest BCUT2D eigenvalue weighted by Gasteiger charge is -2.15. The second-order valence-corrected chi connectivity index (χ2v) is 5.25. The van der Waals surface area contributed by atoms with Gasteiger partial charge in [0.15, 0.2) is 0 Å². The van der Waals surface area contributed by atoms with Gasteiger partial charge in [0.25, 0.3) is 0 Å². The number of halogens is 1. The van der Waals surface area contributed by atoms with Crippen molar-refractivity contribution in [1.82, 2.24) is 0 Å². The molecule has 1 saturated carbocycles. The van der Waals surface area contributed by atoms with E-state index in [1.54, 1.807) is 0 Å². The van der Waals surface area contributed by atoms with Crippen molar-refractivity contribution in [3.05, 3.63) is 27.3 Å². The van der Waals surface area contributed by atoms with Crippen LogP contribution in [0.4, 0.5) is 5.69 Å². The van der Waals surface area contributed by atoms with Crippen LogP contribution in [-0.2, 0) is 0 Å². The van der Waals surface area contributed by atoms with Gasteiger partial charge < -0.3 is 10.7 Å². The zero-order valence-corrected chi connectivity index (χ0v) is 10.8. The first-order valence-corrected chi connectivity index (χ1v) is 6.44. The highest BCUT2D eigenvalue weighted by atomic mass is 127. The molecule has 1 aliphatic carbocycles. The summed E-state index contributed by atoms with van der Waals surface area (Å²) >= 11 is 2.28. The molecule has 0 saturated heterocycles. The summed E-state index contributed by atoms with van der Waals surface area (Å²) in [5.74, 6) is 0. The van der Waals surface area contributed by atoms with E-state index < -0.39 is 0 Å². The zero-order valence-electron chi connectivity index (χ0n) is 8.59. The quantitative estimate of drug-likeness (QED) is 0.648. The molecular formula is C12H15IN2. The molecule has 2 nitrogen and oxygen atoms in total. The van der Waals surface area contributed by atoms with Crippen molar-refractivity contribution in [2.24, 2.45) is 0 Å². The number of anilines is 1. The summed E-state index contributed by atoms with van der Waals surface area (Å²) in [4.78, 5) is 0. The third-order valence-electron chi connectivity index (χ3n) is 2.88. The van der Waals surface area contributed by atoms with Crippen molar-refractivity contribution in [3.8, 4) is 0 Å². The molecule has 0 aliphatic heterocycles. The Balaban J connectivity index is 2.15. The number of hydrogen-bond acceptors (Lipinski definition) is 2. The van der Waals surface area contributed by atoms with E-state index in [9.17, 15) is 0 Å². The fourth-order valence-corrected chi connectivity index (χ4v) is 2.59. The summed E-state index contributed by atoms with van der Waals surface area (Å²) < 4.78 is 1.18. The third kappa shape index (κ3) is 2.71. The van der Waals surface area contributed by atoms with Gasteiger partial charge in [-0.15, -0.1) is 0 Å². The van der Waals surface area contributed by atoms with Gasteiger partial charge in [-0.1, -0.05) is 12.8 Å². The molecule has 1 aromatic carbocycles. The standard InChI is InChI=1S/C12H15IN2/c13-10-5-6-12(9(7-10)8-14)15-11-3-1-2-4-11/h5-8,11,14-15H,1-4H2. The first-order chi connectivity index (χ1) is 7.29. The smallest absolute Gasteiger partial charge is 0.0432 e. The summed E-state index contributed by atoms with van der Waals surface area (Å²) in [6.07, 6.45) is 6.64. The Hall–Kier alpha value is -0.580.